The minimum Gasteiger partial charge on any atom is -0.508 e. The number of thiazole rings is 1. The predicted octanol–water partition coefficient (Wildman–Crippen LogP) is 3.11. The monoisotopic (exact) mass is 287 g/mol. The summed E-state index contributed by atoms with van der Waals surface area (Å²) >= 11 is 1.60. The van der Waals surface area contributed by atoms with Crippen LogP contribution in [0.1, 0.15) is 22.1 Å². The molecule has 0 atom stereocenters. The molecular formula is C14H13N3O2S. The Hall–Kier alpha value is -2.21. The van der Waals surface area contributed by atoms with E-state index < -0.39 is 0 Å². The van der Waals surface area contributed by atoms with E-state index in [9.17, 15) is 5.11 Å². The summed E-state index contributed by atoms with van der Waals surface area (Å²) in [7, 11) is 0. The zero-order chi connectivity index (χ0) is 14.1. The van der Waals surface area contributed by atoms with Crippen LogP contribution in [-0.4, -0.2) is 20.2 Å². The van der Waals surface area contributed by atoms with Crippen molar-refractivity contribution in [2.24, 2.45) is 0 Å². The highest BCUT2D eigenvalue weighted by Gasteiger charge is 2.11. The number of phenols is 1. The van der Waals surface area contributed by atoms with Crippen LogP contribution in [0.5, 0.6) is 5.75 Å². The van der Waals surface area contributed by atoms with Gasteiger partial charge in [0.2, 0.25) is 0 Å². The lowest BCUT2D eigenvalue weighted by Gasteiger charge is -1.99. The molecule has 0 saturated heterocycles. The van der Waals surface area contributed by atoms with E-state index >= 15 is 0 Å². The summed E-state index contributed by atoms with van der Waals surface area (Å²) in [4.78, 5) is 8.70. The molecule has 0 amide bonds. The van der Waals surface area contributed by atoms with Gasteiger partial charge in [-0.2, -0.15) is 4.98 Å². The largest absolute Gasteiger partial charge is 0.508 e. The molecule has 2 aromatic heterocycles. The smallest absolute Gasteiger partial charge is 0.258 e. The number of benzene rings is 1. The highest BCUT2D eigenvalue weighted by molar-refractivity contribution is 7.09. The standard InChI is InChI=1S/C14H13N3O2S/c1-8-3-4-10(5-12(8)18)14-16-13(17-19-14)6-11-7-20-9(2)15-11/h3-5,7,18H,6H2,1-2H3. The molecule has 5 nitrogen and oxygen atoms in total. The SMILES string of the molecule is Cc1nc(Cc2noc(-c3ccc(C)c(O)c3)n2)cs1. The molecule has 0 saturated carbocycles. The molecule has 0 spiro atoms. The van der Waals surface area contributed by atoms with Gasteiger partial charge in [0.15, 0.2) is 5.82 Å². The van der Waals surface area contributed by atoms with Crippen molar-refractivity contribution < 1.29 is 9.63 Å². The lowest BCUT2D eigenvalue weighted by Crippen LogP contribution is -1.91. The lowest BCUT2D eigenvalue weighted by atomic mass is 10.1. The normalized spacial score (nSPS) is 10.9. The number of rotatable bonds is 3. The second-order valence-corrected chi connectivity index (χ2v) is 5.61. The molecule has 6 heteroatoms. The maximum Gasteiger partial charge on any atom is 0.258 e. The van der Waals surface area contributed by atoms with Crippen LogP contribution >= 0.6 is 11.3 Å². The van der Waals surface area contributed by atoms with Gasteiger partial charge in [0, 0.05) is 10.9 Å². The Morgan fingerprint density at radius 1 is 1.25 bits per heavy atom. The van der Waals surface area contributed by atoms with E-state index in [-0.39, 0.29) is 5.75 Å². The van der Waals surface area contributed by atoms with Gasteiger partial charge in [-0.3, -0.25) is 0 Å². The Morgan fingerprint density at radius 3 is 2.80 bits per heavy atom. The number of aromatic hydroxyl groups is 1. The Labute approximate surface area is 119 Å². The summed E-state index contributed by atoms with van der Waals surface area (Å²) in [5, 5.41) is 16.7. The predicted molar refractivity (Wildman–Crippen MR) is 75.8 cm³/mol. The van der Waals surface area contributed by atoms with Crippen LogP contribution < -0.4 is 0 Å². The first kappa shape index (κ1) is 12.8. The highest BCUT2D eigenvalue weighted by Crippen LogP contribution is 2.25. The van der Waals surface area contributed by atoms with Gasteiger partial charge in [0.1, 0.15) is 5.75 Å². The van der Waals surface area contributed by atoms with Crippen molar-refractivity contribution in [2.45, 2.75) is 20.3 Å². The van der Waals surface area contributed by atoms with Gasteiger partial charge in [0.25, 0.3) is 5.89 Å². The molecule has 0 radical (unpaired) electrons. The van der Waals surface area contributed by atoms with Crippen LogP contribution in [0.3, 0.4) is 0 Å². The molecule has 1 N–H and O–H groups in total. The first-order valence-electron chi connectivity index (χ1n) is 6.15. The van der Waals surface area contributed by atoms with Crippen molar-refractivity contribution >= 4 is 11.3 Å². The second-order valence-electron chi connectivity index (χ2n) is 4.55. The molecule has 3 aromatic rings. The summed E-state index contributed by atoms with van der Waals surface area (Å²) in [5.74, 6) is 1.21. The fourth-order valence-corrected chi connectivity index (χ4v) is 2.45. The van der Waals surface area contributed by atoms with Gasteiger partial charge < -0.3 is 9.63 Å². The number of hydrogen-bond donors (Lipinski definition) is 1. The van der Waals surface area contributed by atoms with E-state index in [1.54, 1.807) is 17.4 Å². The molecule has 0 bridgehead atoms. The van der Waals surface area contributed by atoms with E-state index in [4.69, 9.17) is 4.52 Å². The van der Waals surface area contributed by atoms with Crippen molar-refractivity contribution in [2.75, 3.05) is 0 Å². The first-order chi connectivity index (χ1) is 9.61. The maximum atomic E-state index is 9.71. The maximum absolute atomic E-state index is 9.71. The topological polar surface area (TPSA) is 72.0 Å². The second kappa shape index (κ2) is 5.05. The third-order valence-electron chi connectivity index (χ3n) is 2.93. The van der Waals surface area contributed by atoms with Gasteiger partial charge in [-0.1, -0.05) is 11.2 Å². The number of nitrogens with zero attached hydrogens (tertiary/aromatic N) is 3. The van der Waals surface area contributed by atoms with Gasteiger partial charge in [-0.15, -0.1) is 11.3 Å². The molecule has 1 aromatic carbocycles. The quantitative estimate of drug-likeness (QED) is 0.801. The van der Waals surface area contributed by atoms with E-state index in [1.807, 2.05) is 31.4 Å². The first-order valence-corrected chi connectivity index (χ1v) is 7.03. The molecule has 0 aliphatic rings. The molecule has 0 unspecified atom stereocenters. The van der Waals surface area contributed by atoms with Crippen LogP contribution in [0.15, 0.2) is 28.1 Å². The number of aryl methyl sites for hydroxylation is 2. The van der Waals surface area contributed by atoms with Gasteiger partial charge >= 0.3 is 0 Å². The minimum atomic E-state index is 0.220. The van der Waals surface area contributed by atoms with Crippen LogP contribution in [-0.2, 0) is 6.42 Å². The van der Waals surface area contributed by atoms with Crippen molar-refractivity contribution in [1.29, 1.82) is 0 Å². The fraction of sp³-hybridized carbons (Fsp3) is 0.214. The van der Waals surface area contributed by atoms with Crippen LogP contribution in [0.4, 0.5) is 0 Å². The summed E-state index contributed by atoms with van der Waals surface area (Å²) in [6.07, 6.45) is 0.547. The van der Waals surface area contributed by atoms with Gasteiger partial charge in [-0.05, 0) is 31.5 Å². The third kappa shape index (κ3) is 2.55. The lowest BCUT2D eigenvalue weighted by molar-refractivity contribution is 0.423. The minimum absolute atomic E-state index is 0.220. The Bertz CT molecular complexity index is 748. The Morgan fingerprint density at radius 2 is 2.10 bits per heavy atom. The van der Waals surface area contributed by atoms with E-state index in [0.29, 0.717) is 23.7 Å². The summed E-state index contributed by atoms with van der Waals surface area (Å²) in [6.45, 7) is 3.80. The number of hydrogen-bond acceptors (Lipinski definition) is 6. The Kier molecular flexibility index (Phi) is 3.23. The summed E-state index contributed by atoms with van der Waals surface area (Å²) < 4.78 is 5.23. The van der Waals surface area contributed by atoms with E-state index in [0.717, 1.165) is 16.3 Å². The van der Waals surface area contributed by atoms with Crippen molar-refractivity contribution in [1.82, 2.24) is 15.1 Å². The van der Waals surface area contributed by atoms with Crippen molar-refractivity contribution in [3.63, 3.8) is 0 Å². The zero-order valence-corrected chi connectivity index (χ0v) is 11.9. The molecule has 0 aliphatic carbocycles. The molecule has 0 aliphatic heterocycles. The number of phenolic OH excluding ortho intramolecular Hbond substituents is 1. The third-order valence-corrected chi connectivity index (χ3v) is 3.75. The molecule has 2 heterocycles. The van der Waals surface area contributed by atoms with Gasteiger partial charge in [0.05, 0.1) is 17.1 Å². The number of aromatic nitrogens is 3. The van der Waals surface area contributed by atoms with Crippen LogP contribution in [0.25, 0.3) is 11.5 Å². The molecule has 0 fully saturated rings. The zero-order valence-electron chi connectivity index (χ0n) is 11.1. The average Bonchev–Trinajstić information content (AvgIpc) is 3.03. The average molecular weight is 287 g/mol. The molecule has 20 heavy (non-hydrogen) atoms. The van der Waals surface area contributed by atoms with Crippen LogP contribution in [0.2, 0.25) is 0 Å². The van der Waals surface area contributed by atoms with Gasteiger partial charge in [-0.25, -0.2) is 4.98 Å². The Balaban J connectivity index is 1.84. The van der Waals surface area contributed by atoms with E-state index in [2.05, 4.69) is 15.1 Å². The molecule has 102 valence electrons. The molecule has 3 rings (SSSR count). The van der Waals surface area contributed by atoms with Crippen molar-refractivity contribution in [3.05, 3.63) is 45.7 Å². The van der Waals surface area contributed by atoms with Crippen LogP contribution in [0, 0.1) is 13.8 Å². The van der Waals surface area contributed by atoms with Crippen molar-refractivity contribution in [3.8, 4) is 17.2 Å². The molecular weight excluding hydrogens is 274 g/mol. The summed E-state index contributed by atoms with van der Waals surface area (Å²) in [5.41, 5.74) is 2.46. The summed E-state index contributed by atoms with van der Waals surface area (Å²) in [6, 6.07) is 5.29. The highest BCUT2D eigenvalue weighted by atomic mass is 32.1. The fourth-order valence-electron chi connectivity index (χ4n) is 1.84. The van der Waals surface area contributed by atoms with E-state index in [1.165, 1.54) is 0 Å².